The number of hydrogen-bond acceptors (Lipinski definition) is 6. The molecule has 1 spiro atoms. The van der Waals surface area contributed by atoms with Crippen molar-refractivity contribution >= 4 is 29.3 Å². The van der Waals surface area contributed by atoms with E-state index in [0.717, 1.165) is 50.5 Å². The number of amides is 3. The lowest BCUT2D eigenvalue weighted by molar-refractivity contribution is 0.0876. The van der Waals surface area contributed by atoms with E-state index in [-0.39, 0.29) is 23.5 Å². The van der Waals surface area contributed by atoms with Gasteiger partial charge in [-0.1, -0.05) is 6.42 Å². The molecule has 162 valence electrons. The summed E-state index contributed by atoms with van der Waals surface area (Å²) in [5, 5.41) is 11.6. The van der Waals surface area contributed by atoms with Crippen LogP contribution in [0.4, 0.5) is 22.1 Å². The zero-order valence-electron chi connectivity index (χ0n) is 17.3. The van der Waals surface area contributed by atoms with Crippen LogP contribution in [0.2, 0.25) is 0 Å². The van der Waals surface area contributed by atoms with Crippen LogP contribution >= 0.6 is 0 Å². The Bertz CT molecular complexity index is 1120. The Balaban J connectivity index is 1.44. The lowest BCUT2D eigenvalue weighted by Gasteiger charge is -2.35. The summed E-state index contributed by atoms with van der Waals surface area (Å²) in [6, 6.07) is 3.16. The molecule has 2 fully saturated rings. The molecule has 3 heterocycles. The highest BCUT2D eigenvalue weighted by molar-refractivity contribution is 5.97. The number of carbonyl (C=O) groups excluding carboxylic acids is 2. The van der Waals surface area contributed by atoms with E-state index >= 15 is 0 Å². The van der Waals surface area contributed by atoms with Crippen molar-refractivity contribution in [2.75, 3.05) is 10.6 Å². The molecule has 4 N–H and O–H groups in total. The van der Waals surface area contributed by atoms with E-state index in [4.69, 9.17) is 0 Å². The number of carbonyl (C=O) groups is 2. The van der Waals surface area contributed by atoms with E-state index in [0.29, 0.717) is 23.0 Å². The molecule has 2 aliphatic carbocycles. The lowest BCUT2D eigenvalue weighted by atomic mass is 9.89. The number of aryl methyl sites for hydroxylation is 1. The molecule has 3 aliphatic rings. The Hall–Kier alpha value is -3.43. The standard InChI is InChI=1S/C21H25N7O3/c1-12-9-14(19(30)28-17(12)18(29)27-21(28)7-3-2-4-8-21)25-15-10-16(23-11-22-15)26-20(31)24-13-5-6-13/h9-11,13H,2-8H2,1H3,(H,27,29)(H3,22,23,24,25,26,31). The molecule has 1 aliphatic heterocycles. The van der Waals surface area contributed by atoms with Gasteiger partial charge in [0.25, 0.3) is 11.5 Å². The van der Waals surface area contributed by atoms with Crippen LogP contribution in [0.15, 0.2) is 23.3 Å². The normalized spacial score (nSPS) is 18.9. The SMILES string of the molecule is Cc1cc(Nc2cc(NC(=O)NC3CC3)ncn2)c(=O)n2c1C(=O)NC21CCCCC1. The zero-order chi connectivity index (χ0) is 21.6. The Labute approximate surface area is 178 Å². The first kappa shape index (κ1) is 19.5. The molecule has 0 radical (unpaired) electrons. The van der Waals surface area contributed by atoms with Gasteiger partial charge in [0.2, 0.25) is 0 Å². The van der Waals surface area contributed by atoms with Gasteiger partial charge in [0.05, 0.1) is 0 Å². The van der Waals surface area contributed by atoms with Gasteiger partial charge in [-0.2, -0.15) is 0 Å². The largest absolute Gasteiger partial charge is 0.336 e. The second-order valence-electron chi connectivity index (χ2n) is 8.56. The fourth-order valence-electron chi connectivity index (χ4n) is 4.53. The molecule has 0 bridgehead atoms. The highest BCUT2D eigenvalue weighted by Gasteiger charge is 2.45. The molecule has 2 aromatic heterocycles. The molecule has 10 nitrogen and oxygen atoms in total. The average molecular weight is 423 g/mol. The van der Waals surface area contributed by atoms with Crippen LogP contribution in [0.3, 0.4) is 0 Å². The van der Waals surface area contributed by atoms with Crippen LogP contribution in [0.5, 0.6) is 0 Å². The maximum atomic E-state index is 13.4. The summed E-state index contributed by atoms with van der Waals surface area (Å²) in [6.45, 7) is 1.83. The Morgan fingerprint density at radius 1 is 1.13 bits per heavy atom. The minimum Gasteiger partial charge on any atom is -0.336 e. The van der Waals surface area contributed by atoms with E-state index in [1.54, 1.807) is 16.7 Å². The molecule has 0 aromatic carbocycles. The highest BCUT2D eigenvalue weighted by Crippen LogP contribution is 2.37. The minimum absolute atomic E-state index is 0.196. The number of hydrogen-bond donors (Lipinski definition) is 4. The van der Waals surface area contributed by atoms with Crippen LogP contribution in [-0.4, -0.2) is 32.5 Å². The Morgan fingerprint density at radius 2 is 1.87 bits per heavy atom. The highest BCUT2D eigenvalue weighted by atomic mass is 16.2. The van der Waals surface area contributed by atoms with Gasteiger partial charge in [-0.05, 0) is 57.1 Å². The number of nitrogens with zero attached hydrogens (tertiary/aromatic N) is 3. The average Bonchev–Trinajstić information content (AvgIpc) is 3.49. The summed E-state index contributed by atoms with van der Waals surface area (Å²) in [6.07, 6.45) is 7.82. The smallest absolute Gasteiger partial charge is 0.320 e. The Morgan fingerprint density at radius 3 is 2.61 bits per heavy atom. The number of rotatable bonds is 4. The lowest BCUT2D eigenvalue weighted by Crippen LogP contribution is -2.48. The van der Waals surface area contributed by atoms with Crippen LogP contribution in [0, 0.1) is 6.92 Å². The quantitative estimate of drug-likeness (QED) is 0.597. The summed E-state index contributed by atoms with van der Waals surface area (Å²) in [5.41, 5.74) is 0.566. The second kappa shape index (κ2) is 7.36. The van der Waals surface area contributed by atoms with Crippen molar-refractivity contribution in [1.82, 2.24) is 25.2 Å². The number of aromatic nitrogens is 3. The summed E-state index contributed by atoms with van der Waals surface area (Å²) in [7, 11) is 0. The molecule has 5 rings (SSSR count). The Kier molecular flexibility index (Phi) is 4.64. The van der Waals surface area contributed by atoms with Gasteiger partial charge in [-0.3, -0.25) is 19.5 Å². The fraction of sp³-hybridized carbons (Fsp3) is 0.476. The maximum absolute atomic E-state index is 13.4. The third-order valence-electron chi connectivity index (χ3n) is 6.15. The first-order valence-corrected chi connectivity index (χ1v) is 10.7. The van der Waals surface area contributed by atoms with Crippen molar-refractivity contribution in [3.63, 3.8) is 0 Å². The molecule has 2 aromatic rings. The van der Waals surface area contributed by atoms with Crippen LogP contribution in [0.25, 0.3) is 0 Å². The van der Waals surface area contributed by atoms with Gasteiger partial charge < -0.3 is 16.0 Å². The topological polar surface area (TPSA) is 130 Å². The van der Waals surface area contributed by atoms with Gasteiger partial charge in [0.15, 0.2) is 0 Å². The monoisotopic (exact) mass is 423 g/mol. The number of nitrogens with one attached hydrogen (secondary N) is 4. The van der Waals surface area contributed by atoms with Gasteiger partial charge in [0.1, 0.15) is 35.0 Å². The van der Waals surface area contributed by atoms with E-state index < -0.39 is 5.66 Å². The van der Waals surface area contributed by atoms with Crippen molar-refractivity contribution in [3.05, 3.63) is 40.1 Å². The predicted octanol–water partition coefficient (Wildman–Crippen LogP) is 2.33. The van der Waals surface area contributed by atoms with Gasteiger partial charge in [-0.25, -0.2) is 14.8 Å². The summed E-state index contributed by atoms with van der Waals surface area (Å²) in [5.74, 6) is 0.510. The van der Waals surface area contributed by atoms with Crippen molar-refractivity contribution in [1.29, 1.82) is 0 Å². The molecular weight excluding hydrogens is 398 g/mol. The van der Waals surface area contributed by atoms with E-state index in [9.17, 15) is 14.4 Å². The zero-order valence-corrected chi connectivity index (χ0v) is 17.3. The molecular formula is C21H25N7O3. The minimum atomic E-state index is -0.649. The fourth-order valence-corrected chi connectivity index (χ4v) is 4.53. The molecule has 0 unspecified atom stereocenters. The first-order chi connectivity index (χ1) is 14.9. The van der Waals surface area contributed by atoms with E-state index in [1.165, 1.54) is 6.33 Å². The number of pyridine rings is 1. The van der Waals surface area contributed by atoms with Gasteiger partial charge in [-0.15, -0.1) is 0 Å². The number of anilines is 3. The summed E-state index contributed by atoms with van der Waals surface area (Å²) in [4.78, 5) is 46.3. The van der Waals surface area contributed by atoms with Crippen LogP contribution in [0.1, 0.15) is 61.0 Å². The maximum Gasteiger partial charge on any atom is 0.320 e. The van der Waals surface area contributed by atoms with Crippen molar-refractivity contribution in [3.8, 4) is 0 Å². The van der Waals surface area contributed by atoms with Crippen molar-refractivity contribution in [2.24, 2.45) is 0 Å². The van der Waals surface area contributed by atoms with Gasteiger partial charge in [0, 0.05) is 12.1 Å². The van der Waals surface area contributed by atoms with Crippen molar-refractivity contribution in [2.45, 2.75) is 63.6 Å². The molecule has 10 heteroatoms. The third-order valence-corrected chi connectivity index (χ3v) is 6.15. The summed E-state index contributed by atoms with van der Waals surface area (Å²) >= 11 is 0. The summed E-state index contributed by atoms with van der Waals surface area (Å²) < 4.78 is 1.63. The molecule has 31 heavy (non-hydrogen) atoms. The molecule has 0 saturated heterocycles. The van der Waals surface area contributed by atoms with E-state index in [1.807, 2.05) is 6.92 Å². The van der Waals surface area contributed by atoms with Gasteiger partial charge >= 0.3 is 6.03 Å². The second-order valence-corrected chi connectivity index (χ2v) is 8.56. The predicted molar refractivity (Wildman–Crippen MR) is 114 cm³/mol. The molecule has 0 atom stereocenters. The van der Waals surface area contributed by atoms with Crippen LogP contribution in [-0.2, 0) is 5.66 Å². The third kappa shape index (κ3) is 3.62. The number of fused-ring (bicyclic) bond motifs is 2. The van der Waals surface area contributed by atoms with Crippen molar-refractivity contribution < 1.29 is 9.59 Å². The van der Waals surface area contributed by atoms with Crippen LogP contribution < -0.4 is 26.8 Å². The first-order valence-electron chi connectivity index (χ1n) is 10.7. The van der Waals surface area contributed by atoms with E-state index in [2.05, 4.69) is 31.2 Å². The molecule has 3 amide bonds. The molecule has 2 saturated carbocycles. The number of urea groups is 1.